The van der Waals surface area contributed by atoms with Gasteiger partial charge >= 0.3 is 0 Å². The molecule has 1 aliphatic rings. The van der Waals surface area contributed by atoms with Crippen LogP contribution < -0.4 is 5.73 Å². The molecular formula is C12H15Cl2N3OS. The summed E-state index contributed by atoms with van der Waals surface area (Å²) in [6.45, 7) is 1.43. The third-order valence-corrected chi connectivity index (χ3v) is 3.88. The lowest BCUT2D eigenvalue weighted by atomic mass is 10.2. The van der Waals surface area contributed by atoms with Crippen molar-refractivity contribution in [1.82, 2.24) is 9.88 Å². The van der Waals surface area contributed by atoms with Gasteiger partial charge in [-0.15, -0.1) is 36.2 Å². The number of rotatable bonds is 1. The first-order valence-corrected chi connectivity index (χ1v) is 6.50. The SMILES string of the molecule is Cl.Cl.N[C@@H]1CCN(C(=O)c2ccc3ncsc3c2)C1. The van der Waals surface area contributed by atoms with E-state index in [9.17, 15) is 4.79 Å². The molecule has 1 atom stereocenters. The van der Waals surface area contributed by atoms with Gasteiger partial charge < -0.3 is 10.6 Å². The molecule has 1 aromatic heterocycles. The van der Waals surface area contributed by atoms with Gasteiger partial charge in [-0.25, -0.2) is 4.98 Å². The van der Waals surface area contributed by atoms with Gasteiger partial charge in [-0.1, -0.05) is 0 Å². The van der Waals surface area contributed by atoms with Crippen molar-refractivity contribution in [1.29, 1.82) is 0 Å². The number of halogens is 2. The molecule has 2 N–H and O–H groups in total. The number of carbonyl (C=O) groups is 1. The zero-order valence-corrected chi connectivity index (χ0v) is 12.6. The lowest BCUT2D eigenvalue weighted by molar-refractivity contribution is 0.0791. The number of carbonyl (C=O) groups excluding carboxylic acids is 1. The van der Waals surface area contributed by atoms with E-state index in [0.29, 0.717) is 6.54 Å². The summed E-state index contributed by atoms with van der Waals surface area (Å²) in [5.41, 5.74) is 9.29. The molecule has 1 aliphatic heterocycles. The van der Waals surface area contributed by atoms with Gasteiger partial charge in [0, 0.05) is 24.7 Å². The molecule has 0 unspecified atom stereocenters. The van der Waals surface area contributed by atoms with Gasteiger partial charge in [0.2, 0.25) is 0 Å². The fourth-order valence-corrected chi connectivity index (χ4v) is 2.86. The van der Waals surface area contributed by atoms with E-state index in [1.165, 1.54) is 0 Å². The average Bonchev–Trinajstić information content (AvgIpc) is 2.95. The van der Waals surface area contributed by atoms with Crippen LogP contribution in [0.4, 0.5) is 0 Å². The first kappa shape index (κ1) is 16.2. The van der Waals surface area contributed by atoms with Crippen LogP contribution in [0.1, 0.15) is 16.8 Å². The Balaban J connectivity index is 0.000000902. The van der Waals surface area contributed by atoms with Crippen LogP contribution in [0, 0.1) is 0 Å². The summed E-state index contributed by atoms with van der Waals surface area (Å²) in [4.78, 5) is 18.2. The standard InChI is InChI=1S/C12H13N3OS.2ClH/c13-9-3-4-15(6-9)12(16)8-1-2-10-11(5-8)17-7-14-10;;/h1-2,5,7,9H,3-4,6,13H2;2*1H/t9-;;/m1../s1. The van der Waals surface area contributed by atoms with E-state index in [1.54, 1.807) is 16.8 Å². The summed E-state index contributed by atoms with van der Waals surface area (Å²) in [6.07, 6.45) is 0.897. The van der Waals surface area contributed by atoms with Crippen molar-refractivity contribution in [3.05, 3.63) is 29.3 Å². The molecule has 1 fully saturated rings. The fraction of sp³-hybridized carbons (Fsp3) is 0.333. The fourth-order valence-electron chi connectivity index (χ4n) is 2.14. The molecule has 2 heterocycles. The lowest BCUT2D eigenvalue weighted by Gasteiger charge is -2.15. The summed E-state index contributed by atoms with van der Waals surface area (Å²) in [5, 5.41) is 0. The van der Waals surface area contributed by atoms with Gasteiger partial charge in [0.05, 0.1) is 15.7 Å². The van der Waals surface area contributed by atoms with Gasteiger partial charge in [-0.05, 0) is 24.6 Å². The van der Waals surface area contributed by atoms with Crippen molar-refractivity contribution in [2.45, 2.75) is 12.5 Å². The highest BCUT2D eigenvalue weighted by molar-refractivity contribution is 7.16. The van der Waals surface area contributed by atoms with Crippen LogP contribution >= 0.6 is 36.2 Å². The van der Waals surface area contributed by atoms with Crippen molar-refractivity contribution in [3.8, 4) is 0 Å². The van der Waals surface area contributed by atoms with Gasteiger partial charge in [0.1, 0.15) is 0 Å². The molecule has 0 aliphatic carbocycles. The molecule has 2 aromatic rings. The zero-order valence-electron chi connectivity index (χ0n) is 10.1. The molecule has 104 valence electrons. The van der Waals surface area contributed by atoms with Crippen LogP contribution in [-0.4, -0.2) is 34.9 Å². The van der Waals surface area contributed by atoms with Crippen molar-refractivity contribution in [2.75, 3.05) is 13.1 Å². The first-order valence-electron chi connectivity index (χ1n) is 5.62. The maximum absolute atomic E-state index is 12.2. The second-order valence-corrected chi connectivity index (χ2v) is 5.22. The summed E-state index contributed by atoms with van der Waals surface area (Å²) < 4.78 is 1.05. The number of benzene rings is 1. The maximum atomic E-state index is 12.2. The van der Waals surface area contributed by atoms with Gasteiger partial charge in [-0.3, -0.25) is 4.79 Å². The van der Waals surface area contributed by atoms with E-state index in [-0.39, 0.29) is 36.8 Å². The Labute approximate surface area is 127 Å². The quantitative estimate of drug-likeness (QED) is 0.877. The van der Waals surface area contributed by atoms with Crippen molar-refractivity contribution in [3.63, 3.8) is 0 Å². The highest BCUT2D eigenvalue weighted by Crippen LogP contribution is 2.21. The van der Waals surface area contributed by atoms with Crippen LogP contribution in [0.3, 0.4) is 0 Å². The Morgan fingerprint density at radius 3 is 2.89 bits per heavy atom. The predicted octanol–water partition coefficient (Wildman–Crippen LogP) is 2.31. The number of aromatic nitrogens is 1. The maximum Gasteiger partial charge on any atom is 0.253 e. The minimum atomic E-state index is 0. The Bertz CT molecular complexity index is 575. The van der Waals surface area contributed by atoms with Gasteiger partial charge in [0.25, 0.3) is 5.91 Å². The second-order valence-electron chi connectivity index (χ2n) is 4.33. The largest absolute Gasteiger partial charge is 0.337 e. The molecule has 0 radical (unpaired) electrons. The molecule has 1 aromatic carbocycles. The molecule has 1 saturated heterocycles. The van der Waals surface area contributed by atoms with Crippen molar-refractivity contribution < 1.29 is 4.79 Å². The molecular weight excluding hydrogens is 305 g/mol. The summed E-state index contributed by atoms with van der Waals surface area (Å²) >= 11 is 1.56. The van der Waals surface area contributed by atoms with E-state index in [4.69, 9.17) is 5.73 Å². The monoisotopic (exact) mass is 319 g/mol. The van der Waals surface area contributed by atoms with Crippen LogP contribution in [0.15, 0.2) is 23.7 Å². The normalized spacial score (nSPS) is 17.9. The Morgan fingerprint density at radius 2 is 2.21 bits per heavy atom. The number of hydrogen-bond donors (Lipinski definition) is 1. The number of thiazole rings is 1. The zero-order chi connectivity index (χ0) is 11.8. The molecule has 19 heavy (non-hydrogen) atoms. The van der Waals surface area contributed by atoms with Crippen LogP contribution in [0.5, 0.6) is 0 Å². The predicted molar refractivity (Wildman–Crippen MR) is 82.6 cm³/mol. The molecule has 1 amide bonds. The second kappa shape index (κ2) is 6.52. The summed E-state index contributed by atoms with van der Waals surface area (Å²) in [5.74, 6) is 0.0771. The van der Waals surface area contributed by atoms with Crippen LogP contribution in [0.25, 0.3) is 10.2 Å². The molecule has 0 spiro atoms. The number of amides is 1. The van der Waals surface area contributed by atoms with E-state index in [0.717, 1.165) is 28.7 Å². The Morgan fingerprint density at radius 1 is 1.42 bits per heavy atom. The molecule has 0 saturated carbocycles. The van der Waals surface area contributed by atoms with E-state index < -0.39 is 0 Å². The summed E-state index contributed by atoms with van der Waals surface area (Å²) in [7, 11) is 0. The Kier molecular flexibility index (Phi) is 5.55. The highest BCUT2D eigenvalue weighted by Gasteiger charge is 2.24. The summed E-state index contributed by atoms with van der Waals surface area (Å²) in [6, 6.07) is 5.79. The van der Waals surface area contributed by atoms with E-state index >= 15 is 0 Å². The lowest BCUT2D eigenvalue weighted by Crippen LogP contribution is -2.31. The first-order chi connectivity index (χ1) is 8.24. The van der Waals surface area contributed by atoms with Crippen LogP contribution in [-0.2, 0) is 0 Å². The average molecular weight is 320 g/mol. The molecule has 0 bridgehead atoms. The highest BCUT2D eigenvalue weighted by atomic mass is 35.5. The number of fused-ring (bicyclic) bond motifs is 1. The smallest absolute Gasteiger partial charge is 0.253 e. The number of nitrogens with two attached hydrogens (primary N) is 1. The number of hydrogen-bond acceptors (Lipinski definition) is 4. The van der Waals surface area contributed by atoms with Crippen LogP contribution in [0.2, 0.25) is 0 Å². The third-order valence-electron chi connectivity index (χ3n) is 3.09. The van der Waals surface area contributed by atoms with E-state index in [1.807, 2.05) is 23.1 Å². The number of nitrogens with zero attached hydrogens (tertiary/aromatic N) is 2. The topological polar surface area (TPSA) is 59.2 Å². The molecule has 3 rings (SSSR count). The third kappa shape index (κ3) is 3.17. The minimum absolute atomic E-state index is 0. The Hall–Kier alpha value is -0.880. The van der Waals surface area contributed by atoms with Crippen molar-refractivity contribution >= 4 is 52.3 Å². The van der Waals surface area contributed by atoms with Crippen molar-refractivity contribution in [2.24, 2.45) is 5.73 Å². The number of likely N-dealkylation sites (tertiary alicyclic amines) is 1. The van der Waals surface area contributed by atoms with E-state index in [2.05, 4.69) is 4.98 Å². The van der Waals surface area contributed by atoms with Gasteiger partial charge in [0.15, 0.2) is 0 Å². The minimum Gasteiger partial charge on any atom is -0.337 e. The molecule has 7 heteroatoms. The molecule has 4 nitrogen and oxygen atoms in total. The van der Waals surface area contributed by atoms with Gasteiger partial charge in [-0.2, -0.15) is 0 Å².